The van der Waals surface area contributed by atoms with Gasteiger partial charge in [0, 0.05) is 12.2 Å². The maximum absolute atomic E-state index is 12.5. The number of fused-ring (bicyclic) bond motifs is 1. The lowest BCUT2D eigenvalue weighted by atomic mass is 9.75. The highest BCUT2D eigenvalue weighted by atomic mass is 16.7. The summed E-state index contributed by atoms with van der Waals surface area (Å²) >= 11 is 0. The third-order valence-corrected chi connectivity index (χ3v) is 5.18. The second-order valence-electron chi connectivity index (χ2n) is 8.82. The van der Waals surface area contributed by atoms with Gasteiger partial charge in [0.1, 0.15) is 5.60 Å². The summed E-state index contributed by atoms with van der Waals surface area (Å²) in [6.07, 6.45) is 0.465. The molecule has 0 bridgehead atoms. The van der Waals surface area contributed by atoms with E-state index in [2.05, 4.69) is 0 Å². The topological polar surface area (TPSA) is 48.0 Å². The molecule has 0 saturated carbocycles. The molecule has 2 aliphatic heterocycles. The maximum atomic E-state index is 12.5. The van der Waals surface area contributed by atoms with Crippen molar-refractivity contribution in [3.8, 4) is 0 Å². The first-order valence-electron chi connectivity index (χ1n) is 8.89. The molecule has 2 heterocycles. The fourth-order valence-corrected chi connectivity index (χ4v) is 3.16. The third kappa shape index (κ3) is 3.29. The van der Waals surface area contributed by atoms with E-state index in [1.54, 1.807) is 4.90 Å². The summed E-state index contributed by atoms with van der Waals surface area (Å²) < 4.78 is 17.9. The average molecular weight is 345 g/mol. The molecular weight excluding hydrogens is 317 g/mol. The minimum Gasteiger partial charge on any atom is -0.443 e. The van der Waals surface area contributed by atoms with Gasteiger partial charge < -0.3 is 14.0 Å². The van der Waals surface area contributed by atoms with Crippen LogP contribution in [0, 0.1) is 0 Å². The number of ether oxygens (including phenoxy) is 1. The van der Waals surface area contributed by atoms with Crippen molar-refractivity contribution < 1.29 is 18.8 Å². The number of anilines is 1. The predicted molar refractivity (Wildman–Crippen MR) is 99.4 cm³/mol. The Kier molecular flexibility index (Phi) is 4.20. The Balaban J connectivity index is 1.89. The van der Waals surface area contributed by atoms with Crippen LogP contribution in [0.2, 0.25) is 0 Å². The molecule has 1 aromatic carbocycles. The number of hydrogen-bond acceptors (Lipinski definition) is 4. The van der Waals surface area contributed by atoms with E-state index in [-0.39, 0.29) is 17.3 Å². The maximum Gasteiger partial charge on any atom is 0.495 e. The molecule has 2 aliphatic rings. The van der Waals surface area contributed by atoms with Crippen LogP contribution in [0.15, 0.2) is 18.2 Å². The Morgan fingerprint density at radius 3 is 2.32 bits per heavy atom. The van der Waals surface area contributed by atoms with Crippen LogP contribution in [0.5, 0.6) is 0 Å². The number of benzene rings is 1. The normalized spacial score (nSPS) is 21.4. The van der Waals surface area contributed by atoms with Crippen LogP contribution in [0.4, 0.5) is 10.5 Å². The van der Waals surface area contributed by atoms with Crippen LogP contribution >= 0.6 is 0 Å². The van der Waals surface area contributed by atoms with Gasteiger partial charge in [-0.05, 0) is 72.0 Å². The summed E-state index contributed by atoms with van der Waals surface area (Å²) in [4.78, 5) is 14.2. The quantitative estimate of drug-likeness (QED) is 0.733. The molecule has 0 radical (unpaired) electrons. The zero-order chi connectivity index (χ0) is 18.6. The molecule has 3 rings (SSSR count). The Labute approximate surface area is 150 Å². The van der Waals surface area contributed by atoms with Crippen LogP contribution in [0.3, 0.4) is 0 Å². The SMILES string of the molecule is CC(C)(C)OC(=O)N1CCc2c(B3OC(C)(C)C(C)(C)O3)cccc21. The lowest BCUT2D eigenvalue weighted by molar-refractivity contribution is 0.00578. The van der Waals surface area contributed by atoms with Gasteiger partial charge in [-0.2, -0.15) is 0 Å². The first-order chi connectivity index (χ1) is 11.4. The standard InChI is InChI=1S/C19H28BNO4/c1-17(2,3)23-16(22)21-12-11-13-14(9-8-10-15(13)21)20-24-18(4,5)19(6,7)25-20/h8-10H,11-12H2,1-7H3. The van der Waals surface area contributed by atoms with Gasteiger partial charge >= 0.3 is 13.2 Å². The molecule has 1 fully saturated rings. The molecule has 136 valence electrons. The molecule has 1 saturated heterocycles. The molecule has 0 aromatic heterocycles. The van der Waals surface area contributed by atoms with E-state index < -0.39 is 12.7 Å². The summed E-state index contributed by atoms with van der Waals surface area (Å²) in [7, 11) is -0.418. The smallest absolute Gasteiger partial charge is 0.443 e. The number of nitrogens with zero attached hydrogens (tertiary/aromatic N) is 1. The number of amides is 1. The van der Waals surface area contributed by atoms with Crippen molar-refractivity contribution in [2.24, 2.45) is 0 Å². The van der Waals surface area contributed by atoms with Gasteiger partial charge in [-0.1, -0.05) is 12.1 Å². The van der Waals surface area contributed by atoms with Gasteiger partial charge in [0.2, 0.25) is 0 Å². The monoisotopic (exact) mass is 345 g/mol. The summed E-state index contributed by atoms with van der Waals surface area (Å²) in [5, 5.41) is 0. The molecule has 6 heteroatoms. The highest BCUT2D eigenvalue weighted by molar-refractivity contribution is 6.63. The zero-order valence-electron chi connectivity index (χ0n) is 16.3. The van der Waals surface area contributed by atoms with E-state index in [9.17, 15) is 4.79 Å². The van der Waals surface area contributed by atoms with Gasteiger partial charge in [0.05, 0.1) is 11.2 Å². The van der Waals surface area contributed by atoms with Crippen molar-refractivity contribution in [3.63, 3.8) is 0 Å². The van der Waals surface area contributed by atoms with E-state index in [1.165, 1.54) is 0 Å². The van der Waals surface area contributed by atoms with Crippen LogP contribution in [0.25, 0.3) is 0 Å². The number of hydrogen-bond donors (Lipinski definition) is 0. The second-order valence-corrected chi connectivity index (χ2v) is 8.82. The highest BCUT2D eigenvalue weighted by Crippen LogP contribution is 2.38. The summed E-state index contributed by atoms with van der Waals surface area (Å²) in [5.74, 6) is 0. The summed E-state index contributed by atoms with van der Waals surface area (Å²) in [5.41, 5.74) is 1.71. The van der Waals surface area contributed by atoms with E-state index >= 15 is 0 Å². The molecule has 25 heavy (non-hydrogen) atoms. The third-order valence-electron chi connectivity index (χ3n) is 5.18. The summed E-state index contributed by atoms with van der Waals surface area (Å²) in [6, 6.07) is 5.93. The van der Waals surface area contributed by atoms with Crippen LogP contribution < -0.4 is 10.4 Å². The second kappa shape index (κ2) is 5.75. The fourth-order valence-electron chi connectivity index (χ4n) is 3.16. The molecule has 5 nitrogen and oxygen atoms in total. The fraction of sp³-hybridized carbons (Fsp3) is 0.632. The molecular formula is C19H28BNO4. The predicted octanol–water partition coefficient (Wildman–Crippen LogP) is 3.28. The van der Waals surface area contributed by atoms with Crippen molar-refractivity contribution in [1.82, 2.24) is 0 Å². The lowest BCUT2D eigenvalue weighted by Gasteiger charge is -2.32. The highest BCUT2D eigenvalue weighted by Gasteiger charge is 2.52. The first kappa shape index (κ1) is 18.3. The zero-order valence-corrected chi connectivity index (χ0v) is 16.3. The molecule has 0 atom stereocenters. The van der Waals surface area contributed by atoms with E-state index in [4.69, 9.17) is 14.0 Å². The Morgan fingerprint density at radius 2 is 1.76 bits per heavy atom. The van der Waals surface area contributed by atoms with Crippen LogP contribution in [-0.2, 0) is 20.5 Å². The van der Waals surface area contributed by atoms with E-state index in [0.717, 1.165) is 23.1 Å². The van der Waals surface area contributed by atoms with Crippen molar-refractivity contribution in [3.05, 3.63) is 23.8 Å². The van der Waals surface area contributed by atoms with Crippen LogP contribution in [-0.4, -0.2) is 36.6 Å². The van der Waals surface area contributed by atoms with Gasteiger partial charge in [0.25, 0.3) is 0 Å². The Morgan fingerprint density at radius 1 is 1.16 bits per heavy atom. The minimum absolute atomic E-state index is 0.308. The van der Waals surface area contributed by atoms with Gasteiger partial charge in [-0.15, -0.1) is 0 Å². The largest absolute Gasteiger partial charge is 0.495 e. The average Bonchev–Trinajstić information content (AvgIpc) is 2.95. The Hall–Kier alpha value is -1.53. The van der Waals surface area contributed by atoms with Crippen molar-refractivity contribution in [2.75, 3.05) is 11.4 Å². The van der Waals surface area contributed by atoms with E-state index in [0.29, 0.717) is 6.54 Å². The molecule has 1 aromatic rings. The minimum atomic E-state index is -0.511. The van der Waals surface area contributed by atoms with E-state index in [1.807, 2.05) is 66.7 Å². The Bertz CT molecular complexity index is 677. The summed E-state index contributed by atoms with van der Waals surface area (Å²) in [6.45, 7) is 14.4. The molecule has 0 aliphatic carbocycles. The number of carbonyl (C=O) groups is 1. The molecule has 1 amide bonds. The van der Waals surface area contributed by atoms with Crippen LogP contribution in [0.1, 0.15) is 54.0 Å². The van der Waals surface area contributed by atoms with Crippen molar-refractivity contribution in [1.29, 1.82) is 0 Å². The number of carbonyl (C=O) groups excluding carboxylic acids is 1. The lowest BCUT2D eigenvalue weighted by Crippen LogP contribution is -2.41. The van der Waals surface area contributed by atoms with Gasteiger partial charge in [-0.3, -0.25) is 4.90 Å². The molecule has 0 spiro atoms. The van der Waals surface area contributed by atoms with Gasteiger partial charge in [0.15, 0.2) is 0 Å². The number of rotatable bonds is 1. The van der Waals surface area contributed by atoms with Crippen molar-refractivity contribution in [2.45, 2.75) is 71.7 Å². The molecule has 0 unspecified atom stereocenters. The molecule has 0 N–H and O–H groups in total. The van der Waals surface area contributed by atoms with Gasteiger partial charge in [-0.25, -0.2) is 4.79 Å². The first-order valence-corrected chi connectivity index (χ1v) is 8.89. The van der Waals surface area contributed by atoms with Crippen molar-refractivity contribution >= 4 is 24.4 Å².